The molecule has 4 atom stereocenters. The second-order valence-corrected chi connectivity index (χ2v) is 6.33. The fourth-order valence-corrected chi connectivity index (χ4v) is 3.75. The Balaban J connectivity index is 2.16. The van der Waals surface area contributed by atoms with Crippen molar-refractivity contribution in [2.24, 2.45) is 16.7 Å². The lowest BCUT2D eigenvalue weighted by Gasteiger charge is -2.44. The summed E-state index contributed by atoms with van der Waals surface area (Å²) in [6.07, 6.45) is 9.19. The Labute approximate surface area is 120 Å². The standard InChI is InChI=1S/C16H24O4/c1-12(18)19-9-5-8-15(2)6-4-7-16(3)11-20-13(10-17)14(15)16/h4-5,7-8,13-14,17H,6,9-11H2,1-3H3/b8-5+/t13-,14+,15+,16+/m0/s1. The van der Waals surface area contributed by atoms with Gasteiger partial charge in [0.15, 0.2) is 0 Å². The van der Waals surface area contributed by atoms with Crippen LogP contribution in [0, 0.1) is 16.7 Å². The first-order chi connectivity index (χ1) is 9.41. The molecule has 4 heteroatoms. The van der Waals surface area contributed by atoms with Gasteiger partial charge >= 0.3 is 5.97 Å². The molecular formula is C16H24O4. The van der Waals surface area contributed by atoms with Crippen molar-refractivity contribution < 1.29 is 19.4 Å². The van der Waals surface area contributed by atoms with Crippen molar-refractivity contribution in [1.29, 1.82) is 0 Å². The molecule has 4 nitrogen and oxygen atoms in total. The van der Waals surface area contributed by atoms with Crippen LogP contribution in [0.1, 0.15) is 27.2 Å². The number of aliphatic hydroxyl groups is 1. The van der Waals surface area contributed by atoms with Crippen molar-refractivity contribution in [3.8, 4) is 0 Å². The number of esters is 1. The summed E-state index contributed by atoms with van der Waals surface area (Å²) in [5.41, 5.74) is -0.125. The number of carbonyl (C=O) groups is 1. The van der Waals surface area contributed by atoms with Crippen LogP contribution < -0.4 is 0 Å². The van der Waals surface area contributed by atoms with Crippen LogP contribution >= 0.6 is 0 Å². The third-order valence-corrected chi connectivity index (χ3v) is 4.52. The van der Waals surface area contributed by atoms with E-state index in [1.807, 2.05) is 6.08 Å². The normalized spacial score (nSPS) is 40.0. The number of carbonyl (C=O) groups excluding carboxylic acids is 1. The van der Waals surface area contributed by atoms with Gasteiger partial charge in [-0.2, -0.15) is 0 Å². The molecule has 0 radical (unpaired) electrons. The number of hydrogen-bond donors (Lipinski definition) is 1. The van der Waals surface area contributed by atoms with Crippen molar-refractivity contribution in [3.05, 3.63) is 24.3 Å². The van der Waals surface area contributed by atoms with Crippen LogP contribution in [0.25, 0.3) is 0 Å². The minimum absolute atomic E-state index is 0.0355. The lowest BCUT2D eigenvalue weighted by molar-refractivity contribution is -0.139. The SMILES string of the molecule is CC(=O)OC/C=C/[C@@]1(C)CC=C[C@]2(C)CO[C@@H](CO)[C@H]12. The van der Waals surface area contributed by atoms with E-state index in [4.69, 9.17) is 9.47 Å². The largest absolute Gasteiger partial charge is 0.462 e. The molecule has 2 aliphatic rings. The van der Waals surface area contributed by atoms with Gasteiger partial charge in [-0.05, 0) is 11.8 Å². The van der Waals surface area contributed by atoms with Crippen molar-refractivity contribution in [3.63, 3.8) is 0 Å². The number of rotatable bonds is 4. The smallest absolute Gasteiger partial charge is 0.302 e. The van der Waals surface area contributed by atoms with E-state index in [1.54, 1.807) is 0 Å². The first-order valence-corrected chi connectivity index (χ1v) is 7.12. The van der Waals surface area contributed by atoms with Gasteiger partial charge in [-0.3, -0.25) is 4.79 Å². The lowest BCUT2D eigenvalue weighted by Crippen LogP contribution is -2.43. The molecule has 1 aliphatic carbocycles. The number of allylic oxidation sites excluding steroid dienone is 2. The minimum Gasteiger partial charge on any atom is -0.462 e. The van der Waals surface area contributed by atoms with Crippen molar-refractivity contribution in [2.45, 2.75) is 33.3 Å². The highest BCUT2D eigenvalue weighted by atomic mass is 16.5. The number of hydrogen-bond acceptors (Lipinski definition) is 4. The van der Waals surface area contributed by atoms with Crippen molar-refractivity contribution in [2.75, 3.05) is 19.8 Å². The van der Waals surface area contributed by atoms with E-state index in [-0.39, 0.29) is 35.4 Å². The molecule has 0 aromatic rings. The number of ether oxygens (including phenoxy) is 2. The first kappa shape index (κ1) is 15.3. The summed E-state index contributed by atoms with van der Waals surface area (Å²) >= 11 is 0. The summed E-state index contributed by atoms with van der Waals surface area (Å²) in [4.78, 5) is 10.8. The van der Waals surface area contributed by atoms with Gasteiger partial charge in [-0.25, -0.2) is 0 Å². The van der Waals surface area contributed by atoms with Crippen LogP contribution in [0.2, 0.25) is 0 Å². The summed E-state index contributed by atoms with van der Waals surface area (Å²) in [5.74, 6) is -0.0378. The highest BCUT2D eigenvalue weighted by Crippen LogP contribution is 2.54. The fraction of sp³-hybridized carbons (Fsp3) is 0.688. The highest BCUT2D eigenvalue weighted by Gasteiger charge is 2.53. The van der Waals surface area contributed by atoms with E-state index in [9.17, 15) is 9.90 Å². The quantitative estimate of drug-likeness (QED) is 0.633. The molecule has 112 valence electrons. The van der Waals surface area contributed by atoms with Crippen LogP contribution in [0.15, 0.2) is 24.3 Å². The van der Waals surface area contributed by atoms with Crippen LogP contribution in [0.5, 0.6) is 0 Å². The molecule has 0 aromatic heterocycles. The van der Waals surface area contributed by atoms with Gasteiger partial charge in [-0.15, -0.1) is 0 Å². The van der Waals surface area contributed by atoms with E-state index in [2.05, 4.69) is 32.1 Å². The minimum atomic E-state index is -0.273. The molecule has 1 fully saturated rings. The first-order valence-electron chi connectivity index (χ1n) is 7.12. The van der Waals surface area contributed by atoms with E-state index in [0.717, 1.165) is 6.42 Å². The van der Waals surface area contributed by atoms with E-state index < -0.39 is 0 Å². The zero-order valence-electron chi connectivity index (χ0n) is 12.5. The maximum Gasteiger partial charge on any atom is 0.302 e. The van der Waals surface area contributed by atoms with Gasteiger partial charge in [0.1, 0.15) is 6.61 Å². The van der Waals surface area contributed by atoms with E-state index in [0.29, 0.717) is 13.2 Å². The predicted molar refractivity (Wildman–Crippen MR) is 76.1 cm³/mol. The van der Waals surface area contributed by atoms with Crippen molar-refractivity contribution >= 4 is 5.97 Å². The summed E-state index contributed by atoms with van der Waals surface area (Å²) in [6, 6.07) is 0. The van der Waals surface area contributed by atoms with Gasteiger partial charge < -0.3 is 14.6 Å². The molecule has 1 aliphatic heterocycles. The summed E-state index contributed by atoms with van der Waals surface area (Å²) in [5, 5.41) is 9.55. The maximum atomic E-state index is 10.8. The average Bonchev–Trinajstić information content (AvgIpc) is 2.73. The molecule has 0 amide bonds. The lowest BCUT2D eigenvalue weighted by atomic mass is 9.58. The van der Waals surface area contributed by atoms with E-state index >= 15 is 0 Å². The molecule has 20 heavy (non-hydrogen) atoms. The predicted octanol–water partition coefficient (Wildman–Crippen LogP) is 2.09. The molecule has 1 heterocycles. The maximum absolute atomic E-state index is 10.8. The second-order valence-electron chi connectivity index (χ2n) is 6.33. The Hall–Kier alpha value is -1.13. The van der Waals surface area contributed by atoms with Gasteiger partial charge in [0, 0.05) is 18.3 Å². The van der Waals surface area contributed by atoms with Crippen molar-refractivity contribution in [1.82, 2.24) is 0 Å². The van der Waals surface area contributed by atoms with Crippen LogP contribution in [-0.4, -0.2) is 37.0 Å². The Morgan fingerprint density at radius 1 is 1.55 bits per heavy atom. The molecule has 2 rings (SSSR count). The van der Waals surface area contributed by atoms with Crippen LogP contribution in [0.3, 0.4) is 0 Å². The van der Waals surface area contributed by atoms with Crippen LogP contribution in [0.4, 0.5) is 0 Å². The summed E-state index contributed by atoms with van der Waals surface area (Å²) < 4.78 is 10.7. The zero-order valence-corrected chi connectivity index (χ0v) is 12.5. The zero-order chi connectivity index (χ0) is 14.8. The molecule has 0 aromatic carbocycles. The molecular weight excluding hydrogens is 256 g/mol. The second kappa shape index (κ2) is 5.70. The highest BCUT2D eigenvalue weighted by molar-refractivity contribution is 5.65. The molecule has 0 spiro atoms. The number of fused-ring (bicyclic) bond motifs is 1. The molecule has 0 bridgehead atoms. The van der Waals surface area contributed by atoms with Gasteiger partial charge in [-0.1, -0.05) is 38.2 Å². The monoisotopic (exact) mass is 280 g/mol. The Morgan fingerprint density at radius 2 is 2.30 bits per heavy atom. The summed E-state index contributed by atoms with van der Waals surface area (Å²) in [6.45, 7) is 6.75. The van der Waals surface area contributed by atoms with Gasteiger partial charge in [0.25, 0.3) is 0 Å². The Bertz CT molecular complexity index is 428. The van der Waals surface area contributed by atoms with Gasteiger partial charge in [0.05, 0.1) is 19.3 Å². The summed E-state index contributed by atoms with van der Waals surface area (Å²) in [7, 11) is 0. The average molecular weight is 280 g/mol. The molecule has 1 N–H and O–H groups in total. The topological polar surface area (TPSA) is 55.8 Å². The Morgan fingerprint density at radius 3 is 2.95 bits per heavy atom. The number of aliphatic hydroxyl groups excluding tert-OH is 1. The van der Waals surface area contributed by atoms with E-state index in [1.165, 1.54) is 6.92 Å². The Kier molecular flexibility index (Phi) is 4.35. The molecule has 1 saturated heterocycles. The molecule has 0 saturated carbocycles. The van der Waals surface area contributed by atoms with Gasteiger partial charge in [0.2, 0.25) is 0 Å². The van der Waals surface area contributed by atoms with Crippen LogP contribution in [-0.2, 0) is 14.3 Å². The fourth-order valence-electron chi connectivity index (χ4n) is 3.75. The third kappa shape index (κ3) is 2.81. The third-order valence-electron chi connectivity index (χ3n) is 4.52. The molecule has 0 unspecified atom stereocenters.